The number of anilines is 1. The summed E-state index contributed by atoms with van der Waals surface area (Å²) in [6.07, 6.45) is 1.57. The zero-order valence-electron chi connectivity index (χ0n) is 14.0. The number of aromatic nitrogens is 2. The summed E-state index contributed by atoms with van der Waals surface area (Å²) in [5, 5.41) is 5.03. The van der Waals surface area contributed by atoms with E-state index in [1.807, 2.05) is 25.1 Å². The lowest BCUT2D eigenvalue weighted by atomic mass is 10.2. The molecule has 4 aromatic rings. The van der Waals surface area contributed by atoms with Crippen molar-refractivity contribution in [1.29, 1.82) is 0 Å². The summed E-state index contributed by atoms with van der Waals surface area (Å²) in [7, 11) is 0. The number of nitrogens with zero attached hydrogens (tertiary/aromatic N) is 3. The Morgan fingerprint density at radius 1 is 1.31 bits per heavy atom. The molecule has 0 spiro atoms. The highest BCUT2D eigenvalue weighted by atomic mass is 35.5. The first kappa shape index (κ1) is 16.8. The first-order valence-corrected chi connectivity index (χ1v) is 9.05. The van der Waals surface area contributed by atoms with E-state index >= 15 is 0 Å². The number of hydrogen-bond donors (Lipinski definition) is 0. The Balaban J connectivity index is 1.79. The number of fused-ring (bicyclic) bond motifs is 1. The molecule has 0 aliphatic carbocycles. The van der Waals surface area contributed by atoms with Gasteiger partial charge in [0, 0.05) is 11.1 Å². The molecule has 132 valence electrons. The van der Waals surface area contributed by atoms with E-state index < -0.39 is 0 Å². The number of carbonyl (C=O) groups excluding carboxylic acids is 1. The van der Waals surface area contributed by atoms with Gasteiger partial charge in [-0.1, -0.05) is 28.1 Å². The second-order valence-electron chi connectivity index (χ2n) is 5.81. The summed E-state index contributed by atoms with van der Waals surface area (Å²) in [5.74, 6) is 0.909. The third-order valence-electron chi connectivity index (χ3n) is 3.95. The number of benzene rings is 1. The maximum absolute atomic E-state index is 13.0. The van der Waals surface area contributed by atoms with E-state index in [0.29, 0.717) is 21.7 Å². The number of halogens is 1. The van der Waals surface area contributed by atoms with Crippen molar-refractivity contribution in [1.82, 2.24) is 10.1 Å². The van der Waals surface area contributed by atoms with Crippen LogP contribution in [0, 0.1) is 13.8 Å². The molecule has 0 fully saturated rings. The van der Waals surface area contributed by atoms with Crippen LogP contribution in [0.1, 0.15) is 27.6 Å². The second kappa shape index (κ2) is 6.59. The predicted octanol–water partition coefficient (Wildman–Crippen LogP) is 4.99. The van der Waals surface area contributed by atoms with Gasteiger partial charge in [-0.25, -0.2) is 4.98 Å². The molecular weight excluding hydrogens is 374 g/mol. The van der Waals surface area contributed by atoms with E-state index in [1.54, 1.807) is 25.3 Å². The van der Waals surface area contributed by atoms with Crippen LogP contribution in [0.2, 0.25) is 5.02 Å². The fourth-order valence-electron chi connectivity index (χ4n) is 2.59. The SMILES string of the molecule is Cc1cc(C(=O)N(Cc2ccco2)c2nc3c(C)c(Cl)ccc3s2)no1. The number of thiazole rings is 1. The summed E-state index contributed by atoms with van der Waals surface area (Å²) in [4.78, 5) is 19.2. The average Bonchev–Trinajstić information content (AvgIpc) is 3.36. The zero-order chi connectivity index (χ0) is 18.3. The Bertz CT molecular complexity index is 1080. The molecule has 4 rings (SSSR count). The van der Waals surface area contributed by atoms with Gasteiger partial charge in [0.25, 0.3) is 5.91 Å². The van der Waals surface area contributed by atoms with Crippen LogP contribution < -0.4 is 4.90 Å². The average molecular weight is 388 g/mol. The largest absolute Gasteiger partial charge is 0.467 e. The normalized spacial score (nSPS) is 11.2. The predicted molar refractivity (Wildman–Crippen MR) is 99.8 cm³/mol. The van der Waals surface area contributed by atoms with Crippen LogP contribution in [0.25, 0.3) is 10.2 Å². The smallest absolute Gasteiger partial charge is 0.282 e. The molecule has 0 saturated carbocycles. The number of rotatable bonds is 4. The van der Waals surface area contributed by atoms with Gasteiger partial charge in [-0.2, -0.15) is 0 Å². The minimum atomic E-state index is -0.305. The van der Waals surface area contributed by atoms with Crippen molar-refractivity contribution in [3.8, 4) is 0 Å². The quantitative estimate of drug-likeness (QED) is 0.493. The lowest BCUT2D eigenvalue weighted by Gasteiger charge is -2.17. The molecule has 0 radical (unpaired) electrons. The van der Waals surface area contributed by atoms with Gasteiger partial charge < -0.3 is 8.94 Å². The van der Waals surface area contributed by atoms with Gasteiger partial charge in [0.2, 0.25) is 0 Å². The molecule has 0 N–H and O–H groups in total. The van der Waals surface area contributed by atoms with E-state index in [0.717, 1.165) is 15.8 Å². The molecule has 0 aliphatic rings. The third-order valence-corrected chi connectivity index (χ3v) is 5.41. The van der Waals surface area contributed by atoms with Crippen molar-refractivity contribution in [2.45, 2.75) is 20.4 Å². The first-order chi connectivity index (χ1) is 12.5. The highest BCUT2D eigenvalue weighted by Crippen LogP contribution is 2.34. The van der Waals surface area contributed by atoms with Crippen molar-refractivity contribution in [2.24, 2.45) is 0 Å². The van der Waals surface area contributed by atoms with E-state index in [-0.39, 0.29) is 18.1 Å². The number of aryl methyl sites for hydroxylation is 2. The zero-order valence-corrected chi connectivity index (χ0v) is 15.6. The van der Waals surface area contributed by atoms with Crippen LogP contribution in [-0.4, -0.2) is 16.0 Å². The summed E-state index contributed by atoms with van der Waals surface area (Å²) >= 11 is 7.61. The highest BCUT2D eigenvalue weighted by Gasteiger charge is 2.25. The second-order valence-corrected chi connectivity index (χ2v) is 7.23. The van der Waals surface area contributed by atoms with E-state index in [4.69, 9.17) is 20.5 Å². The van der Waals surface area contributed by atoms with Gasteiger partial charge in [-0.15, -0.1) is 0 Å². The van der Waals surface area contributed by atoms with Gasteiger partial charge in [0.1, 0.15) is 11.5 Å². The van der Waals surface area contributed by atoms with Crippen molar-refractivity contribution in [2.75, 3.05) is 4.90 Å². The number of hydrogen-bond acceptors (Lipinski definition) is 6. The molecule has 6 nitrogen and oxygen atoms in total. The van der Waals surface area contributed by atoms with Crippen LogP contribution in [0.15, 0.2) is 45.5 Å². The van der Waals surface area contributed by atoms with Crippen molar-refractivity contribution in [3.63, 3.8) is 0 Å². The van der Waals surface area contributed by atoms with Crippen molar-refractivity contribution in [3.05, 3.63) is 64.4 Å². The van der Waals surface area contributed by atoms with Gasteiger partial charge in [-0.3, -0.25) is 9.69 Å². The van der Waals surface area contributed by atoms with E-state index in [1.165, 1.54) is 16.2 Å². The minimum Gasteiger partial charge on any atom is -0.467 e. The van der Waals surface area contributed by atoms with Gasteiger partial charge in [0.15, 0.2) is 10.8 Å². The van der Waals surface area contributed by atoms with Crippen LogP contribution in [0.4, 0.5) is 5.13 Å². The fraction of sp³-hybridized carbons (Fsp3) is 0.167. The summed E-state index contributed by atoms with van der Waals surface area (Å²) < 4.78 is 11.4. The number of carbonyl (C=O) groups is 1. The molecule has 0 unspecified atom stereocenters. The Morgan fingerprint density at radius 2 is 2.15 bits per heavy atom. The molecule has 3 heterocycles. The molecule has 0 saturated heterocycles. The summed E-state index contributed by atoms with van der Waals surface area (Å²) in [6.45, 7) is 3.89. The summed E-state index contributed by atoms with van der Waals surface area (Å²) in [6, 6.07) is 8.93. The molecule has 3 aromatic heterocycles. The van der Waals surface area contributed by atoms with E-state index in [2.05, 4.69) is 10.1 Å². The molecule has 1 amide bonds. The van der Waals surface area contributed by atoms with E-state index in [9.17, 15) is 4.79 Å². The monoisotopic (exact) mass is 387 g/mol. The Labute approximate surface area is 158 Å². The minimum absolute atomic E-state index is 0.225. The topological polar surface area (TPSA) is 72.4 Å². The van der Waals surface area contributed by atoms with Gasteiger partial charge >= 0.3 is 0 Å². The molecule has 0 bridgehead atoms. The fourth-order valence-corrected chi connectivity index (χ4v) is 3.77. The Morgan fingerprint density at radius 3 is 2.85 bits per heavy atom. The lowest BCUT2D eigenvalue weighted by Crippen LogP contribution is -2.30. The number of furan rings is 1. The van der Waals surface area contributed by atoms with Crippen LogP contribution in [0.5, 0.6) is 0 Å². The third kappa shape index (κ3) is 3.00. The molecule has 0 aliphatic heterocycles. The van der Waals surface area contributed by atoms with Crippen molar-refractivity contribution >= 4 is 44.2 Å². The maximum atomic E-state index is 13.0. The molecule has 8 heteroatoms. The molecule has 1 aromatic carbocycles. The van der Waals surface area contributed by atoms with Crippen LogP contribution in [0.3, 0.4) is 0 Å². The van der Waals surface area contributed by atoms with Crippen molar-refractivity contribution < 1.29 is 13.7 Å². The van der Waals surface area contributed by atoms with Gasteiger partial charge in [-0.05, 0) is 43.7 Å². The molecule has 26 heavy (non-hydrogen) atoms. The Kier molecular flexibility index (Phi) is 4.26. The first-order valence-electron chi connectivity index (χ1n) is 7.86. The molecular formula is C18H14ClN3O3S. The van der Waals surface area contributed by atoms with Gasteiger partial charge in [0.05, 0.1) is 23.0 Å². The Hall–Kier alpha value is -2.64. The highest BCUT2D eigenvalue weighted by molar-refractivity contribution is 7.22. The number of amides is 1. The molecule has 0 atom stereocenters. The van der Waals surface area contributed by atoms with Crippen LogP contribution >= 0.6 is 22.9 Å². The maximum Gasteiger partial charge on any atom is 0.282 e. The van der Waals surface area contributed by atoms with Crippen LogP contribution in [-0.2, 0) is 6.54 Å². The lowest BCUT2D eigenvalue weighted by molar-refractivity contribution is 0.0974. The standard InChI is InChI=1S/C18H14ClN3O3S/c1-10-8-14(21-25-10)17(23)22(9-12-4-3-7-24-12)18-20-16-11(2)13(19)5-6-15(16)26-18/h3-8H,9H2,1-2H3. The summed E-state index contributed by atoms with van der Waals surface area (Å²) in [5.41, 5.74) is 1.89.